The van der Waals surface area contributed by atoms with Crippen LogP contribution in [0.1, 0.15) is 91.4 Å². The molecule has 3 aromatic rings. The van der Waals surface area contributed by atoms with Crippen molar-refractivity contribution in [3.63, 3.8) is 0 Å². The van der Waals surface area contributed by atoms with Gasteiger partial charge in [0.15, 0.2) is 5.65 Å². The van der Waals surface area contributed by atoms with Crippen molar-refractivity contribution in [2.75, 3.05) is 0 Å². The zero-order valence-corrected chi connectivity index (χ0v) is 18.7. The minimum Gasteiger partial charge on any atom is -0.345 e. The van der Waals surface area contributed by atoms with Gasteiger partial charge >= 0.3 is 0 Å². The normalized spacial score (nSPS) is 15.0. The van der Waals surface area contributed by atoms with Gasteiger partial charge in [-0.15, -0.1) is 0 Å². The number of nitrogens with one attached hydrogen (secondary N) is 1. The van der Waals surface area contributed by atoms with E-state index in [0.29, 0.717) is 11.5 Å². The molecule has 0 radical (unpaired) electrons. The molecule has 7 nitrogen and oxygen atoms in total. The van der Waals surface area contributed by atoms with Gasteiger partial charge in [-0.05, 0) is 53.0 Å². The van der Waals surface area contributed by atoms with Crippen molar-refractivity contribution >= 4 is 16.9 Å². The fourth-order valence-electron chi connectivity index (χ4n) is 4.16. The van der Waals surface area contributed by atoms with Gasteiger partial charge in [0.05, 0.1) is 28.9 Å². The van der Waals surface area contributed by atoms with Crippen LogP contribution in [0.25, 0.3) is 11.0 Å². The topological polar surface area (TPSA) is 77.6 Å². The average Bonchev–Trinajstić information content (AvgIpc) is 3.45. The number of carbonyl (C=O) groups is 1. The van der Waals surface area contributed by atoms with Gasteiger partial charge in [0.2, 0.25) is 0 Å². The summed E-state index contributed by atoms with van der Waals surface area (Å²) in [6, 6.07) is 1.87. The van der Waals surface area contributed by atoms with Gasteiger partial charge in [-0.25, -0.2) is 9.67 Å². The maximum absolute atomic E-state index is 13.4. The first kappa shape index (κ1) is 20.6. The fraction of sp³-hybridized carbons (Fsp3) is 0.565. The Kier molecular flexibility index (Phi) is 5.62. The van der Waals surface area contributed by atoms with Gasteiger partial charge in [-0.3, -0.25) is 9.48 Å². The Morgan fingerprint density at radius 1 is 1.27 bits per heavy atom. The fourth-order valence-corrected chi connectivity index (χ4v) is 4.16. The molecule has 4 rings (SSSR count). The highest BCUT2D eigenvalue weighted by molar-refractivity contribution is 6.06. The Bertz CT molecular complexity index is 1080. The van der Waals surface area contributed by atoms with Gasteiger partial charge in [-0.1, -0.05) is 13.3 Å². The second-order valence-electron chi connectivity index (χ2n) is 8.43. The molecular formula is C23H32N6O. The van der Waals surface area contributed by atoms with E-state index in [-0.39, 0.29) is 11.9 Å². The monoisotopic (exact) mass is 408 g/mol. The van der Waals surface area contributed by atoms with E-state index in [1.807, 2.05) is 42.4 Å². The highest BCUT2D eigenvalue weighted by atomic mass is 16.1. The Labute approximate surface area is 177 Å². The highest BCUT2D eigenvalue weighted by Crippen LogP contribution is 2.40. The summed E-state index contributed by atoms with van der Waals surface area (Å²) in [5.74, 6) is 0.400. The summed E-state index contributed by atoms with van der Waals surface area (Å²) in [6.07, 6.45) is 6.29. The number of aromatic nitrogens is 5. The van der Waals surface area contributed by atoms with Gasteiger partial charge in [0.25, 0.3) is 5.91 Å². The first-order valence-electron chi connectivity index (χ1n) is 11.2. The van der Waals surface area contributed by atoms with Gasteiger partial charge in [0, 0.05) is 36.0 Å². The largest absolute Gasteiger partial charge is 0.345 e. The van der Waals surface area contributed by atoms with Crippen LogP contribution in [-0.4, -0.2) is 30.5 Å². The summed E-state index contributed by atoms with van der Waals surface area (Å²) in [4.78, 5) is 18.3. The Balaban J connectivity index is 1.70. The molecule has 0 bridgehead atoms. The molecule has 1 amide bonds. The van der Waals surface area contributed by atoms with E-state index in [0.717, 1.165) is 72.5 Å². The molecule has 7 heteroatoms. The molecule has 1 N–H and O–H groups in total. The van der Waals surface area contributed by atoms with E-state index in [9.17, 15) is 4.79 Å². The summed E-state index contributed by atoms with van der Waals surface area (Å²) >= 11 is 0. The van der Waals surface area contributed by atoms with E-state index < -0.39 is 0 Å². The molecule has 3 aromatic heterocycles. The zero-order valence-electron chi connectivity index (χ0n) is 18.7. The van der Waals surface area contributed by atoms with E-state index in [1.54, 1.807) is 0 Å². The summed E-state index contributed by atoms with van der Waals surface area (Å²) in [6.45, 7) is 11.9. The summed E-state index contributed by atoms with van der Waals surface area (Å²) in [5, 5.41) is 13.2. The van der Waals surface area contributed by atoms with Crippen molar-refractivity contribution in [1.82, 2.24) is 29.9 Å². The standard InChI is InChI=1S/C23H32N6O/c1-6-8-11-29-22-21(15(4)27-29)18(12-20(26-22)17-9-10-17)23(30)25-14(3)19-13-24-28(7-2)16(19)5/h12-14,17H,6-11H2,1-5H3,(H,25,30)/t14-/m1/s1. The summed E-state index contributed by atoms with van der Waals surface area (Å²) < 4.78 is 3.94. The van der Waals surface area contributed by atoms with Crippen LogP contribution in [0.5, 0.6) is 0 Å². The van der Waals surface area contributed by atoms with Gasteiger partial charge < -0.3 is 5.32 Å². The van der Waals surface area contributed by atoms with Crippen molar-refractivity contribution in [2.24, 2.45) is 0 Å². The van der Waals surface area contributed by atoms with Crippen molar-refractivity contribution < 1.29 is 4.79 Å². The number of rotatable bonds is 8. The molecule has 3 heterocycles. The second kappa shape index (κ2) is 8.20. The lowest BCUT2D eigenvalue weighted by atomic mass is 10.1. The molecule has 30 heavy (non-hydrogen) atoms. The Morgan fingerprint density at radius 2 is 2.03 bits per heavy atom. The van der Waals surface area contributed by atoms with Crippen LogP contribution in [0.2, 0.25) is 0 Å². The molecule has 1 fully saturated rings. The summed E-state index contributed by atoms with van der Waals surface area (Å²) in [5.41, 5.74) is 5.56. The lowest BCUT2D eigenvalue weighted by Gasteiger charge is -2.15. The maximum Gasteiger partial charge on any atom is 0.252 e. The molecule has 0 spiro atoms. The third kappa shape index (κ3) is 3.73. The molecule has 1 aliphatic carbocycles. The number of nitrogens with zero attached hydrogens (tertiary/aromatic N) is 5. The zero-order chi connectivity index (χ0) is 21.4. The van der Waals surface area contributed by atoms with Gasteiger partial charge in [-0.2, -0.15) is 10.2 Å². The van der Waals surface area contributed by atoms with Crippen LogP contribution in [0.3, 0.4) is 0 Å². The number of hydrogen-bond acceptors (Lipinski definition) is 4. The molecule has 0 aromatic carbocycles. The minimum atomic E-state index is -0.124. The van der Waals surface area contributed by atoms with Crippen molar-refractivity contribution in [2.45, 2.75) is 85.4 Å². The molecule has 160 valence electrons. The first-order valence-corrected chi connectivity index (χ1v) is 11.2. The third-order valence-electron chi connectivity index (χ3n) is 6.12. The second-order valence-corrected chi connectivity index (χ2v) is 8.43. The molecule has 1 saturated carbocycles. The molecule has 0 aliphatic heterocycles. The van der Waals surface area contributed by atoms with Crippen LogP contribution in [0.4, 0.5) is 0 Å². The SMILES string of the molecule is CCCCn1nc(C)c2c(C(=O)N[C@H](C)c3cnn(CC)c3C)cc(C3CC3)nc21. The quantitative estimate of drug-likeness (QED) is 0.598. The number of carbonyl (C=O) groups excluding carboxylic acids is 1. The Hall–Kier alpha value is -2.70. The molecule has 0 saturated heterocycles. The minimum absolute atomic E-state index is 0.0708. The molecular weight excluding hydrogens is 376 g/mol. The molecule has 1 aliphatic rings. The lowest BCUT2D eigenvalue weighted by Crippen LogP contribution is -2.27. The number of pyridine rings is 1. The molecule has 0 unspecified atom stereocenters. The van der Waals surface area contributed by atoms with Crippen molar-refractivity contribution in [3.05, 3.63) is 40.5 Å². The number of aryl methyl sites for hydroxylation is 3. The number of fused-ring (bicyclic) bond motifs is 1. The van der Waals surface area contributed by atoms with E-state index in [4.69, 9.17) is 10.1 Å². The predicted octanol–water partition coefficient (Wildman–Crippen LogP) is 4.43. The lowest BCUT2D eigenvalue weighted by molar-refractivity contribution is 0.0941. The first-order chi connectivity index (χ1) is 14.4. The van der Waals surface area contributed by atoms with E-state index in [1.165, 1.54) is 0 Å². The highest BCUT2D eigenvalue weighted by Gasteiger charge is 2.29. The van der Waals surface area contributed by atoms with Gasteiger partial charge in [0.1, 0.15) is 0 Å². The number of amides is 1. The van der Waals surface area contributed by atoms with Crippen LogP contribution in [-0.2, 0) is 13.1 Å². The predicted molar refractivity (Wildman–Crippen MR) is 118 cm³/mol. The average molecular weight is 409 g/mol. The Morgan fingerprint density at radius 3 is 2.67 bits per heavy atom. The smallest absolute Gasteiger partial charge is 0.252 e. The summed E-state index contributed by atoms with van der Waals surface area (Å²) in [7, 11) is 0. The van der Waals surface area contributed by atoms with Crippen molar-refractivity contribution in [3.8, 4) is 0 Å². The van der Waals surface area contributed by atoms with Crippen molar-refractivity contribution in [1.29, 1.82) is 0 Å². The van der Waals surface area contributed by atoms with E-state index in [2.05, 4.69) is 24.3 Å². The molecule has 1 atom stereocenters. The van der Waals surface area contributed by atoms with Crippen LogP contribution >= 0.6 is 0 Å². The third-order valence-corrected chi connectivity index (χ3v) is 6.12. The van der Waals surface area contributed by atoms with Crippen LogP contribution in [0, 0.1) is 13.8 Å². The van der Waals surface area contributed by atoms with E-state index >= 15 is 0 Å². The maximum atomic E-state index is 13.4. The number of unbranched alkanes of at least 4 members (excludes halogenated alkanes) is 1. The van der Waals surface area contributed by atoms with Crippen LogP contribution in [0.15, 0.2) is 12.3 Å². The van der Waals surface area contributed by atoms with Crippen LogP contribution < -0.4 is 5.32 Å². The number of hydrogen-bond donors (Lipinski definition) is 1.